The van der Waals surface area contributed by atoms with Gasteiger partial charge < -0.3 is 25.0 Å². The minimum Gasteiger partial charge on any atom is -0.506 e. The highest BCUT2D eigenvalue weighted by atomic mass is 32.2. The van der Waals surface area contributed by atoms with Gasteiger partial charge in [0.05, 0.1) is 19.1 Å². The van der Waals surface area contributed by atoms with Crippen LogP contribution in [0, 0.1) is 5.92 Å². The van der Waals surface area contributed by atoms with Crippen molar-refractivity contribution >= 4 is 15.7 Å². The number of methoxy groups -OCH3 is 1. The Morgan fingerprint density at radius 1 is 1.16 bits per heavy atom. The van der Waals surface area contributed by atoms with Crippen molar-refractivity contribution in [3.63, 3.8) is 0 Å². The molecule has 0 radical (unpaired) electrons. The maximum Gasteiger partial charge on any atom is 0.229 e. The van der Waals surface area contributed by atoms with E-state index in [1.807, 2.05) is 6.07 Å². The number of nitrogens with one attached hydrogen (secondary N) is 2. The number of phenolic OH excluding ortho intramolecular Hbond substituents is 1. The Kier molecular flexibility index (Phi) is 7.64. The first-order valence-corrected chi connectivity index (χ1v) is 12.1. The van der Waals surface area contributed by atoms with Gasteiger partial charge >= 0.3 is 0 Å². The van der Waals surface area contributed by atoms with Gasteiger partial charge in [0.15, 0.2) is 0 Å². The van der Waals surface area contributed by atoms with Gasteiger partial charge in [0.2, 0.25) is 10.0 Å². The van der Waals surface area contributed by atoms with Crippen LogP contribution in [0.4, 0.5) is 5.69 Å². The number of sulfonamides is 1. The Hall–Kier alpha value is -2.49. The standard InChI is InChI=1S/C22H30N2O6S/c1-29-19-6-5-16-4-3-15(9-17(16)10-19)12-23-13-18(25)14-30-20-7-8-22(26)21(11-20)24-31(2,27)28/h5-8,10-11,15,18,23-26H,3-4,9,12-14H2,1-2H3/t15?,18-/m0/s1. The fourth-order valence-corrected chi connectivity index (χ4v) is 4.26. The van der Waals surface area contributed by atoms with Crippen LogP contribution in [0.5, 0.6) is 17.2 Å². The van der Waals surface area contributed by atoms with Crippen LogP contribution >= 0.6 is 0 Å². The number of hydrogen-bond acceptors (Lipinski definition) is 7. The summed E-state index contributed by atoms with van der Waals surface area (Å²) in [6, 6.07) is 10.5. The van der Waals surface area contributed by atoms with Gasteiger partial charge in [0.25, 0.3) is 0 Å². The Balaban J connectivity index is 1.43. The molecule has 2 atom stereocenters. The third-order valence-electron chi connectivity index (χ3n) is 5.26. The summed E-state index contributed by atoms with van der Waals surface area (Å²) in [5, 5.41) is 23.3. The van der Waals surface area contributed by atoms with Crippen LogP contribution < -0.4 is 19.5 Å². The molecule has 1 aliphatic carbocycles. The molecular formula is C22H30N2O6S. The lowest BCUT2D eigenvalue weighted by molar-refractivity contribution is 0.105. The number of fused-ring (bicyclic) bond motifs is 1. The monoisotopic (exact) mass is 450 g/mol. The molecule has 3 rings (SSSR count). The van der Waals surface area contributed by atoms with E-state index in [1.165, 1.54) is 29.3 Å². The summed E-state index contributed by atoms with van der Waals surface area (Å²) in [5.41, 5.74) is 2.73. The summed E-state index contributed by atoms with van der Waals surface area (Å²) in [6.45, 7) is 1.23. The molecule has 0 aliphatic heterocycles. The van der Waals surface area contributed by atoms with E-state index < -0.39 is 16.1 Å². The largest absolute Gasteiger partial charge is 0.506 e. The van der Waals surface area contributed by atoms with Crippen molar-refractivity contribution in [1.29, 1.82) is 0 Å². The zero-order valence-corrected chi connectivity index (χ0v) is 18.6. The molecule has 2 aromatic carbocycles. The molecule has 9 heteroatoms. The van der Waals surface area contributed by atoms with Crippen LogP contribution in [-0.4, -0.2) is 57.8 Å². The average molecular weight is 451 g/mol. The molecule has 170 valence electrons. The smallest absolute Gasteiger partial charge is 0.229 e. The van der Waals surface area contributed by atoms with Crippen LogP contribution in [0.15, 0.2) is 36.4 Å². The second kappa shape index (κ2) is 10.2. The fourth-order valence-electron chi connectivity index (χ4n) is 3.70. The highest BCUT2D eigenvalue weighted by Crippen LogP contribution is 2.29. The van der Waals surface area contributed by atoms with Crippen molar-refractivity contribution in [2.24, 2.45) is 5.92 Å². The van der Waals surface area contributed by atoms with Crippen molar-refractivity contribution in [2.75, 3.05) is 37.8 Å². The van der Waals surface area contributed by atoms with Crippen molar-refractivity contribution in [3.05, 3.63) is 47.5 Å². The molecule has 0 amide bonds. The van der Waals surface area contributed by atoms with E-state index in [2.05, 4.69) is 22.2 Å². The maximum absolute atomic E-state index is 11.4. The molecule has 0 spiro atoms. The second-order valence-electron chi connectivity index (χ2n) is 7.92. The lowest BCUT2D eigenvalue weighted by Crippen LogP contribution is -2.35. The first-order chi connectivity index (χ1) is 14.7. The predicted molar refractivity (Wildman–Crippen MR) is 119 cm³/mol. The molecule has 0 bridgehead atoms. The number of aliphatic hydroxyl groups excluding tert-OH is 1. The van der Waals surface area contributed by atoms with Crippen LogP contribution in [0.25, 0.3) is 0 Å². The number of ether oxygens (including phenoxy) is 2. The number of benzene rings is 2. The molecule has 0 heterocycles. The first-order valence-electron chi connectivity index (χ1n) is 10.2. The van der Waals surface area contributed by atoms with E-state index in [0.717, 1.165) is 37.8 Å². The minimum atomic E-state index is -3.53. The number of rotatable bonds is 10. The molecule has 0 saturated carbocycles. The molecule has 0 aromatic heterocycles. The Morgan fingerprint density at radius 2 is 1.94 bits per heavy atom. The van der Waals surface area contributed by atoms with Crippen molar-refractivity contribution in [1.82, 2.24) is 5.32 Å². The highest BCUT2D eigenvalue weighted by Gasteiger charge is 2.19. The van der Waals surface area contributed by atoms with Crippen LogP contribution in [-0.2, 0) is 22.9 Å². The SMILES string of the molecule is COc1ccc2c(c1)CC(CNC[C@H](O)COc1ccc(O)c(NS(C)(=O)=O)c1)CC2. The highest BCUT2D eigenvalue weighted by molar-refractivity contribution is 7.92. The van der Waals surface area contributed by atoms with Crippen molar-refractivity contribution < 1.29 is 28.1 Å². The van der Waals surface area contributed by atoms with Gasteiger partial charge in [-0.2, -0.15) is 0 Å². The molecule has 0 fully saturated rings. The Bertz CT molecular complexity index is 995. The van der Waals surface area contributed by atoms with E-state index in [9.17, 15) is 18.6 Å². The number of aromatic hydroxyl groups is 1. The molecule has 2 aromatic rings. The number of aliphatic hydroxyl groups is 1. The minimum absolute atomic E-state index is 0.0295. The topological polar surface area (TPSA) is 117 Å². The number of anilines is 1. The van der Waals surface area contributed by atoms with Crippen molar-refractivity contribution in [2.45, 2.75) is 25.4 Å². The fraction of sp³-hybridized carbons (Fsp3) is 0.455. The van der Waals surface area contributed by atoms with E-state index in [0.29, 0.717) is 18.2 Å². The number of phenols is 1. The van der Waals surface area contributed by atoms with Gasteiger partial charge in [-0.3, -0.25) is 4.72 Å². The Labute approximate surface area is 183 Å². The molecular weight excluding hydrogens is 420 g/mol. The summed E-state index contributed by atoms with van der Waals surface area (Å²) in [5.74, 6) is 1.52. The van der Waals surface area contributed by atoms with E-state index >= 15 is 0 Å². The summed E-state index contributed by atoms with van der Waals surface area (Å²) >= 11 is 0. The Morgan fingerprint density at radius 3 is 2.68 bits per heavy atom. The van der Waals surface area contributed by atoms with Crippen LogP contribution in [0.3, 0.4) is 0 Å². The molecule has 1 aliphatic rings. The molecule has 0 saturated heterocycles. The summed E-state index contributed by atoms with van der Waals surface area (Å²) in [7, 11) is -1.85. The third kappa shape index (κ3) is 7.02. The number of aryl methyl sites for hydroxylation is 1. The normalized spacial score (nSPS) is 16.9. The number of hydrogen-bond donors (Lipinski definition) is 4. The van der Waals surface area contributed by atoms with Gasteiger partial charge in [0, 0.05) is 12.6 Å². The first kappa shape index (κ1) is 23.2. The van der Waals surface area contributed by atoms with Crippen LogP contribution in [0.1, 0.15) is 17.5 Å². The molecule has 31 heavy (non-hydrogen) atoms. The van der Waals surface area contributed by atoms with Gasteiger partial charge in [-0.15, -0.1) is 0 Å². The summed E-state index contributed by atoms with van der Waals surface area (Å²) < 4.78 is 35.8. The molecule has 1 unspecified atom stereocenters. The van der Waals surface area contributed by atoms with Gasteiger partial charge in [-0.1, -0.05) is 6.07 Å². The van der Waals surface area contributed by atoms with E-state index in [-0.39, 0.29) is 18.0 Å². The summed E-state index contributed by atoms with van der Waals surface area (Å²) in [4.78, 5) is 0. The lowest BCUT2D eigenvalue weighted by Gasteiger charge is -2.25. The van der Waals surface area contributed by atoms with Crippen LogP contribution in [0.2, 0.25) is 0 Å². The van der Waals surface area contributed by atoms with Crippen molar-refractivity contribution in [3.8, 4) is 17.2 Å². The van der Waals surface area contributed by atoms with Gasteiger partial charge in [0.1, 0.15) is 30.0 Å². The van der Waals surface area contributed by atoms with E-state index in [4.69, 9.17) is 9.47 Å². The maximum atomic E-state index is 11.4. The van der Waals surface area contributed by atoms with Gasteiger partial charge in [-0.25, -0.2) is 8.42 Å². The summed E-state index contributed by atoms with van der Waals surface area (Å²) in [6.07, 6.45) is 3.40. The predicted octanol–water partition coefficient (Wildman–Crippen LogP) is 1.91. The quantitative estimate of drug-likeness (QED) is 0.409. The second-order valence-corrected chi connectivity index (χ2v) is 9.67. The van der Waals surface area contributed by atoms with E-state index in [1.54, 1.807) is 7.11 Å². The van der Waals surface area contributed by atoms with Gasteiger partial charge in [-0.05, 0) is 67.1 Å². The zero-order valence-electron chi connectivity index (χ0n) is 17.8. The molecule has 4 N–H and O–H groups in total. The lowest BCUT2D eigenvalue weighted by atomic mass is 9.84. The molecule has 8 nitrogen and oxygen atoms in total. The zero-order chi connectivity index (χ0) is 22.4. The average Bonchev–Trinajstić information content (AvgIpc) is 2.72. The third-order valence-corrected chi connectivity index (χ3v) is 5.85.